The number of esters is 1. The molecule has 0 radical (unpaired) electrons. The first kappa shape index (κ1) is 9.21. The Morgan fingerprint density at radius 1 is 1.36 bits per heavy atom. The maximum atomic E-state index is 11.4. The number of fused-ring (bicyclic) bond motifs is 1. The highest BCUT2D eigenvalue weighted by Gasteiger charge is 2.38. The summed E-state index contributed by atoms with van der Waals surface area (Å²) >= 11 is 0. The standard InChI is InChI=1S/C11H13NO2/c1-11(2,12)9-7-5-3-4-6-8(7)10(13)14-9/h3-6,9H,12H2,1-2H3. The van der Waals surface area contributed by atoms with Crippen molar-refractivity contribution in [1.29, 1.82) is 0 Å². The van der Waals surface area contributed by atoms with Gasteiger partial charge in [-0.25, -0.2) is 4.79 Å². The summed E-state index contributed by atoms with van der Waals surface area (Å²) in [6.07, 6.45) is -0.328. The molecule has 0 saturated heterocycles. The van der Waals surface area contributed by atoms with Crippen LogP contribution in [0.2, 0.25) is 0 Å². The van der Waals surface area contributed by atoms with Gasteiger partial charge in [0.1, 0.15) is 6.10 Å². The third-order valence-corrected chi connectivity index (χ3v) is 2.36. The minimum Gasteiger partial charge on any atom is -0.452 e. The highest BCUT2D eigenvalue weighted by Crippen LogP contribution is 2.36. The monoisotopic (exact) mass is 191 g/mol. The van der Waals surface area contributed by atoms with Gasteiger partial charge in [0.05, 0.1) is 11.1 Å². The Morgan fingerprint density at radius 3 is 2.64 bits per heavy atom. The summed E-state index contributed by atoms with van der Waals surface area (Å²) < 4.78 is 5.23. The molecule has 0 bridgehead atoms. The molecule has 74 valence electrons. The van der Waals surface area contributed by atoms with Crippen LogP contribution in [0.4, 0.5) is 0 Å². The number of rotatable bonds is 1. The van der Waals surface area contributed by atoms with E-state index in [4.69, 9.17) is 10.5 Å². The lowest BCUT2D eigenvalue weighted by Crippen LogP contribution is -2.39. The maximum Gasteiger partial charge on any atom is 0.339 e. The molecule has 3 nitrogen and oxygen atoms in total. The Bertz CT molecular complexity index is 379. The number of benzene rings is 1. The Morgan fingerprint density at radius 2 is 2.00 bits per heavy atom. The zero-order valence-corrected chi connectivity index (χ0v) is 8.28. The molecule has 1 heterocycles. The van der Waals surface area contributed by atoms with Gasteiger partial charge in [-0.05, 0) is 19.9 Å². The van der Waals surface area contributed by atoms with Gasteiger partial charge in [0.25, 0.3) is 0 Å². The molecule has 0 saturated carbocycles. The van der Waals surface area contributed by atoms with E-state index in [0.717, 1.165) is 5.56 Å². The van der Waals surface area contributed by atoms with Crippen LogP contribution in [-0.4, -0.2) is 11.5 Å². The Kier molecular flexibility index (Phi) is 1.86. The van der Waals surface area contributed by atoms with Crippen molar-refractivity contribution in [3.63, 3.8) is 0 Å². The molecule has 1 aromatic carbocycles. The predicted octanol–water partition coefficient (Wildman–Crippen LogP) is 1.64. The average molecular weight is 191 g/mol. The smallest absolute Gasteiger partial charge is 0.339 e. The Balaban J connectivity index is 2.50. The van der Waals surface area contributed by atoms with E-state index in [1.807, 2.05) is 32.0 Å². The fourth-order valence-corrected chi connectivity index (χ4v) is 1.70. The topological polar surface area (TPSA) is 52.3 Å². The highest BCUT2D eigenvalue weighted by atomic mass is 16.6. The van der Waals surface area contributed by atoms with Crippen LogP contribution in [0.5, 0.6) is 0 Å². The number of cyclic esters (lactones) is 1. The summed E-state index contributed by atoms with van der Waals surface area (Å²) in [7, 11) is 0. The van der Waals surface area contributed by atoms with Gasteiger partial charge in [0.15, 0.2) is 0 Å². The summed E-state index contributed by atoms with van der Waals surface area (Å²) in [4.78, 5) is 11.4. The van der Waals surface area contributed by atoms with Crippen LogP contribution < -0.4 is 5.73 Å². The van der Waals surface area contributed by atoms with Gasteiger partial charge in [-0.2, -0.15) is 0 Å². The van der Waals surface area contributed by atoms with Crippen LogP contribution in [-0.2, 0) is 4.74 Å². The molecule has 1 aliphatic rings. The van der Waals surface area contributed by atoms with Crippen molar-refractivity contribution in [3.8, 4) is 0 Å². The minimum absolute atomic E-state index is 0.274. The summed E-state index contributed by atoms with van der Waals surface area (Å²) in [6, 6.07) is 7.37. The largest absolute Gasteiger partial charge is 0.452 e. The third-order valence-electron chi connectivity index (χ3n) is 2.36. The molecular weight excluding hydrogens is 178 g/mol. The van der Waals surface area contributed by atoms with Gasteiger partial charge in [-0.15, -0.1) is 0 Å². The molecule has 1 unspecified atom stereocenters. The molecule has 0 spiro atoms. The predicted molar refractivity (Wildman–Crippen MR) is 52.9 cm³/mol. The van der Waals surface area contributed by atoms with Gasteiger partial charge >= 0.3 is 5.97 Å². The zero-order chi connectivity index (χ0) is 10.3. The second-order valence-corrected chi connectivity index (χ2v) is 4.19. The molecule has 1 aliphatic heterocycles. The van der Waals surface area contributed by atoms with Gasteiger partial charge in [-0.3, -0.25) is 0 Å². The van der Waals surface area contributed by atoms with E-state index in [9.17, 15) is 4.79 Å². The first-order valence-corrected chi connectivity index (χ1v) is 4.59. The SMILES string of the molecule is CC(C)(N)C1OC(=O)c2ccccc21. The van der Waals surface area contributed by atoms with Crippen LogP contribution in [0.15, 0.2) is 24.3 Å². The summed E-state index contributed by atoms with van der Waals surface area (Å²) in [6.45, 7) is 3.71. The number of hydrogen-bond donors (Lipinski definition) is 1. The normalized spacial score (nSPS) is 20.5. The van der Waals surface area contributed by atoms with E-state index in [0.29, 0.717) is 5.56 Å². The van der Waals surface area contributed by atoms with Crippen molar-refractivity contribution in [2.45, 2.75) is 25.5 Å². The number of nitrogens with two attached hydrogens (primary N) is 1. The first-order chi connectivity index (χ1) is 6.50. The van der Waals surface area contributed by atoms with Crippen LogP contribution in [0.1, 0.15) is 35.9 Å². The highest BCUT2D eigenvalue weighted by molar-refractivity contribution is 5.94. The molecule has 1 atom stereocenters. The quantitative estimate of drug-likeness (QED) is 0.686. The molecule has 2 rings (SSSR count). The summed E-state index contributed by atoms with van der Waals surface area (Å²) in [5.74, 6) is -0.274. The molecule has 14 heavy (non-hydrogen) atoms. The molecule has 0 amide bonds. The van der Waals surface area contributed by atoms with Gasteiger partial charge in [0, 0.05) is 5.56 Å². The van der Waals surface area contributed by atoms with Crippen molar-refractivity contribution in [1.82, 2.24) is 0 Å². The lowest BCUT2D eigenvalue weighted by atomic mass is 9.91. The number of carbonyl (C=O) groups excluding carboxylic acids is 1. The fourth-order valence-electron chi connectivity index (χ4n) is 1.70. The third kappa shape index (κ3) is 1.30. The molecule has 2 N–H and O–H groups in total. The van der Waals surface area contributed by atoms with Crippen molar-refractivity contribution in [2.75, 3.05) is 0 Å². The van der Waals surface area contributed by atoms with Crippen LogP contribution in [0, 0.1) is 0 Å². The van der Waals surface area contributed by atoms with Crippen molar-refractivity contribution in [2.24, 2.45) is 5.73 Å². The van der Waals surface area contributed by atoms with Crippen LogP contribution in [0.25, 0.3) is 0 Å². The number of carbonyl (C=O) groups is 1. The lowest BCUT2D eigenvalue weighted by molar-refractivity contribution is 0.0225. The lowest BCUT2D eigenvalue weighted by Gasteiger charge is -2.25. The summed E-state index contributed by atoms with van der Waals surface area (Å²) in [5.41, 5.74) is 6.93. The Labute approximate surface area is 82.9 Å². The molecule has 1 aromatic rings. The number of ether oxygens (including phenoxy) is 1. The first-order valence-electron chi connectivity index (χ1n) is 4.59. The Hall–Kier alpha value is -1.35. The molecule has 0 aliphatic carbocycles. The van der Waals surface area contributed by atoms with Crippen LogP contribution in [0.3, 0.4) is 0 Å². The maximum absolute atomic E-state index is 11.4. The molecular formula is C11H13NO2. The molecule has 0 fully saturated rings. The van der Waals surface area contributed by atoms with Crippen molar-refractivity contribution in [3.05, 3.63) is 35.4 Å². The van der Waals surface area contributed by atoms with Crippen molar-refractivity contribution >= 4 is 5.97 Å². The van der Waals surface area contributed by atoms with Crippen molar-refractivity contribution < 1.29 is 9.53 Å². The average Bonchev–Trinajstić information content (AvgIpc) is 2.44. The van der Waals surface area contributed by atoms with E-state index < -0.39 is 5.54 Å². The second kappa shape index (κ2) is 2.82. The van der Waals surface area contributed by atoms with Gasteiger partial charge < -0.3 is 10.5 Å². The van der Waals surface area contributed by atoms with E-state index >= 15 is 0 Å². The fraction of sp³-hybridized carbons (Fsp3) is 0.364. The zero-order valence-electron chi connectivity index (χ0n) is 8.28. The van der Waals surface area contributed by atoms with E-state index in [2.05, 4.69) is 0 Å². The van der Waals surface area contributed by atoms with E-state index in [1.165, 1.54) is 0 Å². The number of hydrogen-bond acceptors (Lipinski definition) is 3. The summed E-state index contributed by atoms with van der Waals surface area (Å²) in [5, 5.41) is 0. The second-order valence-electron chi connectivity index (χ2n) is 4.19. The van der Waals surface area contributed by atoms with Gasteiger partial charge in [-0.1, -0.05) is 18.2 Å². The molecule has 3 heteroatoms. The van der Waals surface area contributed by atoms with Crippen LogP contribution >= 0.6 is 0 Å². The van der Waals surface area contributed by atoms with E-state index in [1.54, 1.807) is 6.07 Å². The molecule has 0 aromatic heterocycles. The minimum atomic E-state index is -0.539. The van der Waals surface area contributed by atoms with Gasteiger partial charge in [0.2, 0.25) is 0 Å². The van der Waals surface area contributed by atoms with E-state index in [-0.39, 0.29) is 12.1 Å².